The number of carbonyl (C=O) groups excluding carboxylic acids is 2. The number of thioether (sulfide) groups is 1. The maximum absolute atomic E-state index is 12.9. The van der Waals surface area contributed by atoms with E-state index in [1.54, 1.807) is 27.7 Å². The topological polar surface area (TPSA) is 112 Å². The van der Waals surface area contributed by atoms with Gasteiger partial charge in [-0.3, -0.25) is 9.59 Å². The van der Waals surface area contributed by atoms with Gasteiger partial charge >= 0.3 is 0 Å². The van der Waals surface area contributed by atoms with Crippen LogP contribution in [0.25, 0.3) is 5.69 Å². The molecule has 2 amide bonds. The molecular weight excluding hydrogens is 472 g/mol. The number of para-hydroxylation sites is 2. The maximum Gasteiger partial charge on any atom is 0.267 e. The quantitative estimate of drug-likeness (QED) is 0.466. The van der Waals surface area contributed by atoms with Crippen molar-refractivity contribution in [3.63, 3.8) is 0 Å². The van der Waals surface area contributed by atoms with Crippen molar-refractivity contribution in [3.8, 4) is 22.9 Å². The Morgan fingerprint density at radius 3 is 2.49 bits per heavy atom. The fourth-order valence-electron chi connectivity index (χ4n) is 3.89. The van der Waals surface area contributed by atoms with E-state index in [1.165, 1.54) is 11.8 Å². The van der Waals surface area contributed by atoms with Crippen LogP contribution in [-0.4, -0.2) is 93.6 Å². The Bertz CT molecular complexity index is 1200. The molecule has 11 nitrogen and oxygen atoms in total. The number of rotatable bonds is 6. The van der Waals surface area contributed by atoms with Crippen molar-refractivity contribution in [2.45, 2.75) is 11.3 Å². The third kappa shape index (κ3) is 5.02. The third-order valence-corrected chi connectivity index (χ3v) is 6.71. The number of piperazine rings is 1. The van der Waals surface area contributed by atoms with E-state index in [0.29, 0.717) is 42.8 Å². The van der Waals surface area contributed by atoms with Crippen LogP contribution in [0.15, 0.2) is 53.7 Å². The maximum atomic E-state index is 12.9. The summed E-state index contributed by atoms with van der Waals surface area (Å²) < 4.78 is 18.3. The lowest BCUT2D eigenvalue weighted by Crippen LogP contribution is -2.55. The number of tetrazole rings is 1. The number of methoxy groups -OCH3 is 1. The van der Waals surface area contributed by atoms with Gasteiger partial charge < -0.3 is 24.0 Å². The molecule has 3 heterocycles. The largest absolute Gasteiger partial charge is 0.497 e. The van der Waals surface area contributed by atoms with Crippen molar-refractivity contribution >= 4 is 23.6 Å². The number of hydrogen-bond donors (Lipinski definition) is 0. The minimum Gasteiger partial charge on any atom is -0.497 e. The zero-order valence-corrected chi connectivity index (χ0v) is 19.9. The van der Waals surface area contributed by atoms with Crippen molar-refractivity contribution < 1.29 is 23.8 Å². The Kier molecular flexibility index (Phi) is 6.70. The summed E-state index contributed by atoms with van der Waals surface area (Å²) in [5, 5.41) is 12.3. The van der Waals surface area contributed by atoms with Crippen LogP contribution in [0.2, 0.25) is 0 Å². The number of amides is 2. The van der Waals surface area contributed by atoms with Gasteiger partial charge in [-0.2, -0.15) is 4.68 Å². The van der Waals surface area contributed by atoms with E-state index in [-0.39, 0.29) is 24.2 Å². The van der Waals surface area contributed by atoms with Gasteiger partial charge in [-0.1, -0.05) is 23.9 Å². The number of ether oxygens (including phenoxy) is 3. The Hall–Kier alpha value is -3.80. The van der Waals surface area contributed by atoms with E-state index in [1.807, 2.05) is 42.5 Å². The van der Waals surface area contributed by atoms with Gasteiger partial charge in [0.25, 0.3) is 5.91 Å². The van der Waals surface area contributed by atoms with E-state index < -0.39 is 6.10 Å². The Balaban J connectivity index is 1.12. The number of benzene rings is 2. The van der Waals surface area contributed by atoms with Crippen LogP contribution in [0, 0.1) is 0 Å². The summed E-state index contributed by atoms with van der Waals surface area (Å²) in [4.78, 5) is 29.2. The third-order valence-electron chi connectivity index (χ3n) is 5.81. The van der Waals surface area contributed by atoms with Crippen molar-refractivity contribution in [3.05, 3.63) is 48.5 Å². The molecule has 35 heavy (non-hydrogen) atoms. The lowest BCUT2D eigenvalue weighted by Gasteiger charge is -2.37. The minimum absolute atomic E-state index is 0.0300. The van der Waals surface area contributed by atoms with Crippen molar-refractivity contribution in [2.75, 3.05) is 45.6 Å². The highest BCUT2D eigenvalue weighted by molar-refractivity contribution is 7.99. The van der Waals surface area contributed by atoms with Crippen LogP contribution in [0.4, 0.5) is 0 Å². The lowest BCUT2D eigenvalue weighted by atomic mass is 10.2. The summed E-state index contributed by atoms with van der Waals surface area (Å²) in [5.41, 5.74) is 0.773. The van der Waals surface area contributed by atoms with E-state index in [4.69, 9.17) is 14.2 Å². The molecule has 2 aliphatic rings. The number of carbonyl (C=O) groups is 2. The van der Waals surface area contributed by atoms with Crippen molar-refractivity contribution in [1.29, 1.82) is 0 Å². The summed E-state index contributed by atoms with van der Waals surface area (Å²) in [6, 6.07) is 14.6. The Morgan fingerprint density at radius 1 is 1.03 bits per heavy atom. The van der Waals surface area contributed by atoms with E-state index in [9.17, 15) is 9.59 Å². The van der Waals surface area contributed by atoms with Crippen molar-refractivity contribution in [2.24, 2.45) is 0 Å². The molecule has 1 aromatic heterocycles. The van der Waals surface area contributed by atoms with Crippen LogP contribution in [0.3, 0.4) is 0 Å². The van der Waals surface area contributed by atoms with E-state index in [0.717, 1.165) is 11.4 Å². The molecule has 0 spiro atoms. The van der Waals surface area contributed by atoms with Crippen LogP contribution in [0.5, 0.6) is 17.2 Å². The molecule has 1 fully saturated rings. The molecule has 182 valence electrons. The molecule has 5 rings (SSSR count). The second-order valence-corrected chi connectivity index (χ2v) is 8.87. The number of aromatic nitrogens is 4. The standard InChI is InChI=1S/C23H24N6O5S/c1-32-17-8-6-16(7-9-17)29-23(24-25-26-29)35-15-21(30)27-10-12-28(13-11-27)22(31)20-14-33-18-4-2-3-5-19(18)34-20/h2-9,20H,10-15H2,1H3. The molecule has 1 saturated heterocycles. The van der Waals surface area contributed by atoms with Crippen LogP contribution in [0.1, 0.15) is 0 Å². The summed E-state index contributed by atoms with van der Waals surface area (Å²) in [5.74, 6) is 1.98. The molecule has 12 heteroatoms. The highest BCUT2D eigenvalue weighted by atomic mass is 32.2. The van der Waals surface area contributed by atoms with E-state index >= 15 is 0 Å². The number of fused-ring (bicyclic) bond motifs is 1. The molecule has 0 bridgehead atoms. The molecule has 3 aromatic rings. The van der Waals surface area contributed by atoms with Gasteiger partial charge in [0, 0.05) is 26.2 Å². The Morgan fingerprint density at radius 2 is 1.74 bits per heavy atom. The molecule has 0 N–H and O–H groups in total. The van der Waals surface area contributed by atoms with Crippen LogP contribution < -0.4 is 14.2 Å². The first kappa shape index (κ1) is 23.0. The smallest absolute Gasteiger partial charge is 0.267 e. The average Bonchev–Trinajstić information content (AvgIpc) is 3.40. The van der Waals surface area contributed by atoms with Gasteiger partial charge in [0.15, 0.2) is 11.5 Å². The number of hydrogen-bond acceptors (Lipinski definition) is 9. The molecular formula is C23H24N6O5S. The van der Waals surface area contributed by atoms with Gasteiger partial charge in [-0.15, -0.1) is 5.10 Å². The fraction of sp³-hybridized carbons (Fsp3) is 0.348. The highest BCUT2D eigenvalue weighted by Crippen LogP contribution is 2.31. The zero-order valence-electron chi connectivity index (χ0n) is 19.1. The first-order valence-corrected chi connectivity index (χ1v) is 12.1. The Labute approximate surface area is 205 Å². The first-order chi connectivity index (χ1) is 17.1. The van der Waals surface area contributed by atoms with Gasteiger partial charge in [0.05, 0.1) is 18.6 Å². The second-order valence-electron chi connectivity index (χ2n) is 7.93. The lowest BCUT2D eigenvalue weighted by molar-refractivity contribution is -0.145. The number of nitrogens with zero attached hydrogens (tertiary/aromatic N) is 6. The molecule has 1 atom stereocenters. The fourth-order valence-corrected chi connectivity index (χ4v) is 4.69. The SMILES string of the molecule is COc1ccc(-n2nnnc2SCC(=O)N2CCN(C(=O)C3COc4ccccc4O3)CC2)cc1. The summed E-state index contributed by atoms with van der Waals surface area (Å²) in [7, 11) is 1.60. The predicted molar refractivity (Wildman–Crippen MR) is 126 cm³/mol. The molecule has 0 aliphatic carbocycles. The average molecular weight is 497 g/mol. The second kappa shape index (κ2) is 10.2. The molecule has 2 aliphatic heterocycles. The molecule has 2 aromatic carbocycles. The summed E-state index contributed by atoms with van der Waals surface area (Å²) in [6.45, 7) is 1.98. The summed E-state index contributed by atoms with van der Waals surface area (Å²) in [6.07, 6.45) is -0.681. The summed E-state index contributed by atoms with van der Waals surface area (Å²) >= 11 is 1.27. The van der Waals surface area contributed by atoms with Gasteiger partial charge in [-0.05, 0) is 46.8 Å². The van der Waals surface area contributed by atoms with Crippen LogP contribution >= 0.6 is 11.8 Å². The van der Waals surface area contributed by atoms with E-state index in [2.05, 4.69) is 15.5 Å². The highest BCUT2D eigenvalue weighted by Gasteiger charge is 2.33. The van der Waals surface area contributed by atoms with Gasteiger partial charge in [0.1, 0.15) is 12.4 Å². The van der Waals surface area contributed by atoms with Gasteiger partial charge in [0.2, 0.25) is 17.2 Å². The monoisotopic (exact) mass is 496 g/mol. The van der Waals surface area contributed by atoms with Crippen LogP contribution in [-0.2, 0) is 9.59 Å². The normalized spacial score (nSPS) is 17.2. The van der Waals surface area contributed by atoms with Gasteiger partial charge in [-0.25, -0.2) is 0 Å². The zero-order chi connectivity index (χ0) is 24.2. The molecule has 0 saturated carbocycles. The van der Waals surface area contributed by atoms with Crippen molar-refractivity contribution in [1.82, 2.24) is 30.0 Å². The predicted octanol–water partition coefficient (Wildman–Crippen LogP) is 1.27. The minimum atomic E-state index is -0.681. The molecule has 1 unspecified atom stereocenters. The first-order valence-electron chi connectivity index (χ1n) is 11.1. The molecule has 0 radical (unpaired) electrons.